The summed E-state index contributed by atoms with van der Waals surface area (Å²) in [6.45, 7) is 0.632. The van der Waals surface area contributed by atoms with Gasteiger partial charge in [0, 0.05) is 11.3 Å². The zero-order valence-electron chi connectivity index (χ0n) is 9.80. The monoisotopic (exact) mass is 286 g/mol. The van der Waals surface area contributed by atoms with Gasteiger partial charge in [0.2, 0.25) is 0 Å². The molecule has 1 heterocycles. The summed E-state index contributed by atoms with van der Waals surface area (Å²) in [6, 6.07) is 2.65. The van der Waals surface area contributed by atoms with E-state index >= 15 is 0 Å². The zero-order chi connectivity index (χ0) is 12.9. The van der Waals surface area contributed by atoms with E-state index in [2.05, 4.69) is 4.98 Å². The average Bonchev–Trinajstić information content (AvgIpc) is 3.06. The molecular formula is C12H12F2N2S2. The Bertz CT molecular complexity index is 671. The number of aromatic nitrogens is 2. The Morgan fingerprint density at radius 3 is 2.78 bits per heavy atom. The number of benzene rings is 1. The number of halogens is 2. The van der Waals surface area contributed by atoms with Gasteiger partial charge in [-0.15, -0.1) is 0 Å². The van der Waals surface area contributed by atoms with E-state index in [4.69, 9.17) is 12.2 Å². The molecule has 0 bridgehead atoms. The van der Waals surface area contributed by atoms with E-state index in [1.807, 2.05) is 6.26 Å². The highest BCUT2D eigenvalue weighted by Crippen LogP contribution is 2.48. The first-order valence-corrected chi connectivity index (χ1v) is 7.31. The first kappa shape index (κ1) is 12.2. The first-order chi connectivity index (χ1) is 8.56. The summed E-state index contributed by atoms with van der Waals surface area (Å²) in [5.41, 5.74) is 0.802. The molecule has 2 nitrogen and oxygen atoms in total. The Kier molecular flexibility index (Phi) is 2.75. The lowest BCUT2D eigenvalue weighted by Gasteiger charge is -2.13. The smallest absolute Gasteiger partial charge is 0.184 e. The largest absolute Gasteiger partial charge is 0.330 e. The quantitative estimate of drug-likeness (QED) is 0.865. The standard InChI is InChI=1S/C12H12F2N2S2/c1-18-12(4-5-12)6-16-10-8(15-11(16)17)3-2-7(13)9(10)14/h2-3H,4-6H2,1H3,(H,15,17). The molecule has 3 rings (SSSR count). The van der Waals surface area contributed by atoms with Gasteiger partial charge in [-0.3, -0.25) is 0 Å². The number of thioether (sulfide) groups is 1. The van der Waals surface area contributed by atoms with Gasteiger partial charge in [-0.1, -0.05) is 0 Å². The molecule has 1 N–H and O–H groups in total. The van der Waals surface area contributed by atoms with Crippen LogP contribution < -0.4 is 0 Å². The summed E-state index contributed by atoms with van der Waals surface area (Å²) in [4.78, 5) is 2.93. The van der Waals surface area contributed by atoms with Crippen LogP contribution in [0, 0.1) is 16.4 Å². The van der Waals surface area contributed by atoms with E-state index in [9.17, 15) is 8.78 Å². The van der Waals surface area contributed by atoms with E-state index in [0.717, 1.165) is 18.9 Å². The highest BCUT2D eigenvalue weighted by molar-refractivity contribution is 8.00. The molecule has 1 aliphatic rings. The molecule has 1 fully saturated rings. The van der Waals surface area contributed by atoms with Crippen molar-refractivity contribution in [1.29, 1.82) is 0 Å². The normalized spacial score (nSPS) is 17.3. The van der Waals surface area contributed by atoms with Crippen molar-refractivity contribution in [3.63, 3.8) is 0 Å². The average molecular weight is 286 g/mol. The molecule has 6 heteroatoms. The Morgan fingerprint density at radius 2 is 2.17 bits per heavy atom. The molecule has 0 unspecified atom stereocenters. The number of hydrogen-bond donors (Lipinski definition) is 1. The molecule has 0 spiro atoms. The number of nitrogens with zero attached hydrogens (tertiary/aromatic N) is 1. The van der Waals surface area contributed by atoms with Crippen molar-refractivity contribution in [3.8, 4) is 0 Å². The minimum absolute atomic E-state index is 0.145. The second-order valence-corrected chi connectivity index (χ2v) is 6.32. The molecule has 1 aromatic heterocycles. The third-order valence-corrected chi connectivity index (χ3v) is 5.24. The number of rotatable bonds is 3. The molecule has 0 saturated heterocycles. The van der Waals surface area contributed by atoms with Gasteiger partial charge in [0.15, 0.2) is 16.4 Å². The van der Waals surface area contributed by atoms with Crippen molar-refractivity contribution in [2.24, 2.45) is 0 Å². The lowest BCUT2D eigenvalue weighted by Crippen LogP contribution is -2.14. The summed E-state index contributed by atoms with van der Waals surface area (Å²) >= 11 is 6.98. The van der Waals surface area contributed by atoms with Gasteiger partial charge in [0.05, 0.1) is 5.52 Å². The predicted molar refractivity (Wildman–Crippen MR) is 72.5 cm³/mol. The number of hydrogen-bond acceptors (Lipinski definition) is 2. The number of imidazole rings is 1. The first-order valence-electron chi connectivity index (χ1n) is 5.68. The minimum Gasteiger partial charge on any atom is -0.330 e. The molecule has 1 aliphatic carbocycles. The summed E-state index contributed by atoms with van der Waals surface area (Å²) in [6.07, 6.45) is 4.24. The van der Waals surface area contributed by atoms with Crippen molar-refractivity contribution < 1.29 is 8.78 Å². The van der Waals surface area contributed by atoms with Crippen molar-refractivity contribution >= 4 is 35.0 Å². The van der Waals surface area contributed by atoms with Crippen molar-refractivity contribution in [2.45, 2.75) is 24.1 Å². The fourth-order valence-electron chi connectivity index (χ4n) is 2.19. The molecule has 96 valence electrons. The van der Waals surface area contributed by atoms with Crippen molar-refractivity contribution in [1.82, 2.24) is 9.55 Å². The van der Waals surface area contributed by atoms with Gasteiger partial charge in [0.1, 0.15) is 5.52 Å². The minimum atomic E-state index is -0.834. The lowest BCUT2D eigenvalue weighted by atomic mass is 10.3. The Labute approximate surface area is 112 Å². The van der Waals surface area contributed by atoms with E-state index in [1.165, 1.54) is 6.07 Å². The number of fused-ring (bicyclic) bond motifs is 1. The molecular weight excluding hydrogens is 274 g/mol. The number of aromatic amines is 1. The molecule has 0 aliphatic heterocycles. The number of nitrogens with one attached hydrogen (secondary N) is 1. The highest BCUT2D eigenvalue weighted by atomic mass is 32.2. The topological polar surface area (TPSA) is 20.7 Å². The van der Waals surface area contributed by atoms with Gasteiger partial charge in [-0.2, -0.15) is 11.8 Å². The predicted octanol–water partition coefficient (Wildman–Crippen LogP) is 3.87. The van der Waals surface area contributed by atoms with Crippen LogP contribution in [-0.2, 0) is 6.54 Å². The van der Waals surface area contributed by atoms with Crippen LogP contribution in [0.2, 0.25) is 0 Å². The SMILES string of the molecule is CSC1(Cn2c(=S)[nH]c3ccc(F)c(F)c32)CC1. The maximum absolute atomic E-state index is 13.9. The highest BCUT2D eigenvalue weighted by Gasteiger charge is 2.42. The molecule has 0 radical (unpaired) electrons. The van der Waals surface area contributed by atoms with E-state index < -0.39 is 11.6 Å². The fraction of sp³-hybridized carbons (Fsp3) is 0.417. The van der Waals surface area contributed by atoms with Crippen LogP contribution in [0.25, 0.3) is 11.0 Å². The molecule has 1 aromatic carbocycles. The van der Waals surface area contributed by atoms with Crippen molar-refractivity contribution in [3.05, 3.63) is 28.5 Å². The van der Waals surface area contributed by atoms with Gasteiger partial charge in [-0.05, 0) is 43.4 Å². The van der Waals surface area contributed by atoms with E-state index in [1.54, 1.807) is 16.3 Å². The maximum atomic E-state index is 13.9. The third-order valence-electron chi connectivity index (χ3n) is 3.51. The van der Waals surface area contributed by atoms with Gasteiger partial charge < -0.3 is 9.55 Å². The van der Waals surface area contributed by atoms with Crippen LogP contribution in [0.1, 0.15) is 12.8 Å². The number of H-pyrrole nitrogens is 1. The summed E-state index contributed by atoms with van der Waals surface area (Å²) < 4.78 is 29.5. The van der Waals surface area contributed by atoms with Crippen LogP contribution in [0.4, 0.5) is 8.78 Å². The van der Waals surface area contributed by atoms with Crippen LogP contribution in [0.5, 0.6) is 0 Å². The Hall–Kier alpha value is -0.880. The third kappa shape index (κ3) is 1.78. The van der Waals surface area contributed by atoms with Crippen molar-refractivity contribution in [2.75, 3.05) is 6.26 Å². The molecule has 0 amide bonds. The van der Waals surface area contributed by atoms with E-state index in [-0.39, 0.29) is 10.3 Å². The van der Waals surface area contributed by atoms with Crippen LogP contribution >= 0.6 is 24.0 Å². The van der Waals surface area contributed by atoms with Gasteiger partial charge in [-0.25, -0.2) is 8.78 Å². The summed E-state index contributed by atoms with van der Waals surface area (Å²) in [7, 11) is 0. The van der Waals surface area contributed by atoms with Gasteiger partial charge >= 0.3 is 0 Å². The molecule has 1 saturated carbocycles. The lowest BCUT2D eigenvalue weighted by molar-refractivity contribution is 0.510. The molecule has 18 heavy (non-hydrogen) atoms. The Balaban J connectivity index is 2.19. The zero-order valence-corrected chi connectivity index (χ0v) is 11.4. The van der Waals surface area contributed by atoms with Crippen LogP contribution in [0.3, 0.4) is 0 Å². The molecule has 2 aromatic rings. The summed E-state index contributed by atoms with van der Waals surface area (Å²) in [5, 5.41) is 0. The molecule has 0 atom stereocenters. The van der Waals surface area contributed by atoms with Crippen LogP contribution in [-0.4, -0.2) is 20.6 Å². The fourth-order valence-corrected chi connectivity index (χ4v) is 3.23. The second-order valence-electron chi connectivity index (χ2n) is 4.66. The second kappa shape index (κ2) is 4.06. The van der Waals surface area contributed by atoms with Gasteiger partial charge in [0.25, 0.3) is 0 Å². The van der Waals surface area contributed by atoms with E-state index in [0.29, 0.717) is 16.8 Å². The Morgan fingerprint density at radius 1 is 1.44 bits per heavy atom. The summed E-state index contributed by atoms with van der Waals surface area (Å²) in [5.74, 6) is -1.66. The van der Waals surface area contributed by atoms with Crippen LogP contribution in [0.15, 0.2) is 12.1 Å². The maximum Gasteiger partial charge on any atom is 0.184 e.